The first-order valence-corrected chi connectivity index (χ1v) is 9.80. The van der Waals surface area contributed by atoms with E-state index < -0.39 is 0 Å². The number of aryl methyl sites for hydroxylation is 1. The van der Waals surface area contributed by atoms with Crippen LogP contribution < -0.4 is 4.90 Å². The zero-order valence-corrected chi connectivity index (χ0v) is 17.5. The molecule has 1 amide bonds. The van der Waals surface area contributed by atoms with Gasteiger partial charge in [-0.1, -0.05) is 26.1 Å². The standard InChI is InChI=1S/C21H29N3OS/c1-7-24(8-2)19(25)15-11-14-12-16-18(13-17(14)23(6)20(15)26)22(5)10-9-21(16,3)4/h11-13H,7-10H2,1-6H3. The summed E-state index contributed by atoms with van der Waals surface area (Å²) < 4.78 is 2.59. The Morgan fingerprint density at radius 2 is 1.85 bits per heavy atom. The fourth-order valence-corrected chi connectivity index (χ4v) is 4.15. The molecule has 140 valence electrons. The summed E-state index contributed by atoms with van der Waals surface area (Å²) in [4.78, 5) is 17.1. The summed E-state index contributed by atoms with van der Waals surface area (Å²) >= 11 is 5.64. The molecular formula is C21H29N3OS. The van der Waals surface area contributed by atoms with Crippen molar-refractivity contribution in [2.75, 3.05) is 31.6 Å². The van der Waals surface area contributed by atoms with Gasteiger partial charge in [0.1, 0.15) is 4.64 Å². The quantitative estimate of drug-likeness (QED) is 0.744. The summed E-state index contributed by atoms with van der Waals surface area (Å²) in [7, 11) is 4.11. The predicted molar refractivity (Wildman–Crippen MR) is 112 cm³/mol. The molecule has 0 radical (unpaired) electrons. The lowest BCUT2D eigenvalue weighted by Gasteiger charge is -2.39. The first kappa shape index (κ1) is 18.9. The Morgan fingerprint density at radius 1 is 1.19 bits per heavy atom. The monoisotopic (exact) mass is 371 g/mol. The van der Waals surface area contributed by atoms with Crippen molar-refractivity contribution in [2.45, 2.75) is 39.5 Å². The molecule has 1 aliphatic rings. The second kappa shape index (κ2) is 6.69. The van der Waals surface area contributed by atoms with Crippen molar-refractivity contribution < 1.29 is 4.79 Å². The average Bonchev–Trinajstić information content (AvgIpc) is 2.61. The van der Waals surface area contributed by atoms with E-state index in [0.717, 1.165) is 23.9 Å². The highest BCUT2D eigenvalue weighted by Crippen LogP contribution is 2.41. The summed E-state index contributed by atoms with van der Waals surface area (Å²) in [6.45, 7) is 11.0. The van der Waals surface area contributed by atoms with Gasteiger partial charge >= 0.3 is 0 Å². The zero-order chi connectivity index (χ0) is 19.2. The van der Waals surface area contributed by atoms with Crippen LogP contribution in [-0.4, -0.2) is 42.1 Å². The van der Waals surface area contributed by atoms with Crippen LogP contribution in [0.4, 0.5) is 5.69 Å². The number of nitrogens with zero attached hydrogens (tertiary/aromatic N) is 3. The normalized spacial score (nSPS) is 15.8. The van der Waals surface area contributed by atoms with Crippen LogP contribution in [0.5, 0.6) is 0 Å². The maximum Gasteiger partial charge on any atom is 0.256 e. The fraction of sp³-hybridized carbons (Fsp3) is 0.524. The summed E-state index contributed by atoms with van der Waals surface area (Å²) in [6, 6.07) is 6.48. The number of fused-ring (bicyclic) bond motifs is 2. The average molecular weight is 372 g/mol. The molecule has 1 aliphatic heterocycles. The molecule has 0 spiro atoms. The van der Waals surface area contributed by atoms with Gasteiger partial charge in [0, 0.05) is 39.4 Å². The molecule has 5 heteroatoms. The van der Waals surface area contributed by atoms with E-state index in [-0.39, 0.29) is 11.3 Å². The van der Waals surface area contributed by atoms with Crippen molar-refractivity contribution >= 4 is 34.7 Å². The topological polar surface area (TPSA) is 28.5 Å². The van der Waals surface area contributed by atoms with E-state index in [9.17, 15) is 4.79 Å². The van der Waals surface area contributed by atoms with Crippen molar-refractivity contribution in [3.05, 3.63) is 34.0 Å². The van der Waals surface area contributed by atoms with Crippen LogP contribution in [-0.2, 0) is 12.5 Å². The van der Waals surface area contributed by atoms with Gasteiger partial charge in [0.25, 0.3) is 5.91 Å². The van der Waals surface area contributed by atoms with E-state index in [1.165, 1.54) is 11.3 Å². The third kappa shape index (κ3) is 2.92. The summed E-state index contributed by atoms with van der Waals surface area (Å²) in [5.74, 6) is 0.0200. The predicted octanol–water partition coefficient (Wildman–Crippen LogP) is 4.51. The van der Waals surface area contributed by atoms with Crippen molar-refractivity contribution in [1.29, 1.82) is 0 Å². The van der Waals surface area contributed by atoms with Crippen LogP contribution in [0.2, 0.25) is 0 Å². The highest BCUT2D eigenvalue weighted by Gasteiger charge is 2.30. The van der Waals surface area contributed by atoms with E-state index in [2.05, 4.69) is 37.9 Å². The van der Waals surface area contributed by atoms with Crippen molar-refractivity contribution in [3.63, 3.8) is 0 Å². The molecule has 0 atom stereocenters. The van der Waals surface area contributed by atoms with Gasteiger partial charge in [-0.3, -0.25) is 4.79 Å². The van der Waals surface area contributed by atoms with Gasteiger partial charge in [-0.05, 0) is 54.8 Å². The Morgan fingerprint density at radius 3 is 2.46 bits per heavy atom. The zero-order valence-electron chi connectivity index (χ0n) is 16.7. The third-order valence-corrected chi connectivity index (χ3v) is 6.33. The molecule has 4 nitrogen and oxygen atoms in total. The Kier molecular flexibility index (Phi) is 4.86. The lowest BCUT2D eigenvalue weighted by atomic mass is 9.77. The summed E-state index contributed by atoms with van der Waals surface area (Å²) in [5, 5.41) is 1.08. The third-order valence-electron chi connectivity index (χ3n) is 5.83. The molecule has 0 saturated carbocycles. The number of hydrogen-bond acceptors (Lipinski definition) is 3. The molecule has 2 aromatic rings. The minimum absolute atomic E-state index is 0.0200. The van der Waals surface area contributed by atoms with Crippen LogP contribution in [0, 0.1) is 4.64 Å². The number of carbonyl (C=O) groups excluding carboxylic acids is 1. The molecule has 0 N–H and O–H groups in total. The van der Waals surface area contributed by atoms with E-state index in [1.54, 1.807) is 0 Å². The van der Waals surface area contributed by atoms with Gasteiger partial charge in [-0.15, -0.1) is 0 Å². The molecule has 2 heterocycles. The smallest absolute Gasteiger partial charge is 0.256 e. The first-order chi connectivity index (χ1) is 12.2. The summed E-state index contributed by atoms with van der Waals surface area (Å²) in [6.07, 6.45) is 1.12. The molecule has 3 rings (SSSR count). The molecule has 0 aliphatic carbocycles. The molecule has 1 aromatic carbocycles. The van der Waals surface area contributed by atoms with Crippen LogP contribution in [0.1, 0.15) is 50.0 Å². The van der Waals surface area contributed by atoms with E-state index in [0.29, 0.717) is 23.3 Å². The number of carbonyl (C=O) groups is 1. The lowest BCUT2D eigenvalue weighted by molar-refractivity contribution is 0.0772. The van der Waals surface area contributed by atoms with E-state index in [1.807, 2.05) is 36.4 Å². The van der Waals surface area contributed by atoms with Gasteiger partial charge in [-0.25, -0.2) is 0 Å². The second-order valence-corrected chi connectivity index (χ2v) is 8.27. The van der Waals surface area contributed by atoms with Gasteiger partial charge in [-0.2, -0.15) is 0 Å². The van der Waals surface area contributed by atoms with Gasteiger partial charge in [0.05, 0.1) is 11.1 Å². The van der Waals surface area contributed by atoms with Crippen molar-refractivity contribution in [3.8, 4) is 0 Å². The summed E-state index contributed by atoms with van der Waals surface area (Å²) in [5.41, 5.74) is 4.44. The number of aromatic nitrogens is 1. The maximum atomic E-state index is 12.9. The van der Waals surface area contributed by atoms with Crippen LogP contribution >= 0.6 is 12.2 Å². The van der Waals surface area contributed by atoms with Gasteiger partial charge < -0.3 is 14.4 Å². The number of pyridine rings is 1. The van der Waals surface area contributed by atoms with Gasteiger partial charge in [0.2, 0.25) is 0 Å². The number of hydrogen-bond donors (Lipinski definition) is 0. The number of rotatable bonds is 3. The Hall–Kier alpha value is -1.88. The SMILES string of the molecule is CCN(CC)C(=O)c1cc2cc3c(cc2n(C)c1=S)N(C)CCC3(C)C. The maximum absolute atomic E-state index is 12.9. The van der Waals surface area contributed by atoms with Crippen molar-refractivity contribution in [1.82, 2.24) is 9.47 Å². The first-order valence-electron chi connectivity index (χ1n) is 9.40. The van der Waals surface area contributed by atoms with E-state index in [4.69, 9.17) is 12.2 Å². The lowest BCUT2D eigenvalue weighted by Crippen LogP contribution is -2.35. The number of benzene rings is 1. The largest absolute Gasteiger partial charge is 0.374 e. The highest BCUT2D eigenvalue weighted by molar-refractivity contribution is 7.71. The molecule has 0 saturated heterocycles. The van der Waals surface area contributed by atoms with Crippen LogP contribution in [0.15, 0.2) is 18.2 Å². The Labute approximate surface area is 161 Å². The molecule has 0 unspecified atom stereocenters. The molecule has 1 aromatic heterocycles. The van der Waals surface area contributed by atoms with E-state index >= 15 is 0 Å². The fourth-order valence-electron chi connectivity index (χ4n) is 3.90. The van der Waals surface area contributed by atoms with Crippen LogP contribution in [0.25, 0.3) is 10.9 Å². The molecule has 0 fully saturated rings. The number of amides is 1. The Balaban J connectivity index is 2.27. The number of anilines is 1. The Bertz CT molecular complexity index is 925. The van der Waals surface area contributed by atoms with Crippen LogP contribution in [0.3, 0.4) is 0 Å². The van der Waals surface area contributed by atoms with Gasteiger partial charge in [0.15, 0.2) is 0 Å². The highest BCUT2D eigenvalue weighted by atomic mass is 32.1. The molecule has 0 bridgehead atoms. The molecular weight excluding hydrogens is 342 g/mol. The minimum Gasteiger partial charge on any atom is -0.374 e. The second-order valence-electron chi connectivity index (χ2n) is 7.88. The molecule has 26 heavy (non-hydrogen) atoms. The van der Waals surface area contributed by atoms with Crippen molar-refractivity contribution in [2.24, 2.45) is 7.05 Å². The minimum atomic E-state index is 0.0200.